The van der Waals surface area contributed by atoms with Gasteiger partial charge in [0.2, 0.25) is 17.7 Å². The molecule has 1 atom stereocenters. The summed E-state index contributed by atoms with van der Waals surface area (Å²) in [6.07, 6.45) is 0.478. The summed E-state index contributed by atoms with van der Waals surface area (Å²) in [5.41, 5.74) is 5.64. The molecule has 0 radical (unpaired) electrons. The number of aliphatic hydroxyl groups excluding tert-OH is 1. The van der Waals surface area contributed by atoms with Gasteiger partial charge in [-0.25, -0.2) is 0 Å². The minimum Gasteiger partial charge on any atom is -0.387 e. The van der Waals surface area contributed by atoms with Crippen LogP contribution in [0.2, 0.25) is 0 Å². The average Bonchev–Trinajstić information content (AvgIpc) is 2.42. The van der Waals surface area contributed by atoms with Crippen LogP contribution in [0.5, 0.6) is 0 Å². The van der Waals surface area contributed by atoms with Gasteiger partial charge in [0.25, 0.3) is 0 Å². The highest BCUT2D eigenvalue weighted by Gasteiger charge is 2.15. The van der Waals surface area contributed by atoms with E-state index in [0.717, 1.165) is 0 Å². The predicted molar refractivity (Wildman–Crippen MR) is 69.0 cm³/mol. The Bertz CT molecular complexity index is 322. The van der Waals surface area contributed by atoms with Crippen LogP contribution in [0.15, 0.2) is 0 Å². The second-order valence-corrected chi connectivity index (χ2v) is 4.08. The molecule has 0 spiro atoms. The van der Waals surface area contributed by atoms with Crippen LogP contribution in [0, 0.1) is 0 Å². The summed E-state index contributed by atoms with van der Waals surface area (Å²) in [6, 6.07) is -0.751. The van der Waals surface area contributed by atoms with Gasteiger partial charge in [-0.2, -0.15) is 0 Å². The molecular formula is C11H22N4O4. The van der Waals surface area contributed by atoms with Crippen molar-refractivity contribution in [2.75, 3.05) is 33.8 Å². The molecule has 3 amide bonds. The van der Waals surface area contributed by atoms with Gasteiger partial charge < -0.3 is 26.4 Å². The topological polar surface area (TPSA) is 125 Å². The van der Waals surface area contributed by atoms with Crippen molar-refractivity contribution in [1.29, 1.82) is 0 Å². The first kappa shape index (κ1) is 17.3. The van der Waals surface area contributed by atoms with E-state index in [2.05, 4.69) is 10.6 Å². The van der Waals surface area contributed by atoms with Crippen molar-refractivity contribution in [3.05, 3.63) is 0 Å². The summed E-state index contributed by atoms with van der Waals surface area (Å²) >= 11 is 0. The minimum absolute atomic E-state index is 0.165. The molecule has 0 aromatic heterocycles. The molecule has 0 aliphatic rings. The molecular weight excluding hydrogens is 252 g/mol. The predicted octanol–water partition coefficient (Wildman–Crippen LogP) is -2.59. The van der Waals surface area contributed by atoms with Crippen LogP contribution in [0.3, 0.4) is 0 Å². The molecule has 0 heterocycles. The molecule has 110 valence electrons. The number of likely N-dealkylation sites (N-methyl/N-ethyl adjacent to an activating group) is 1. The summed E-state index contributed by atoms with van der Waals surface area (Å²) in [6.45, 7) is -0.0644. The Kier molecular flexibility index (Phi) is 8.47. The Labute approximate surface area is 112 Å². The molecule has 0 saturated heterocycles. The average molecular weight is 274 g/mol. The lowest BCUT2D eigenvalue weighted by Gasteiger charge is -2.18. The van der Waals surface area contributed by atoms with E-state index < -0.39 is 18.6 Å². The summed E-state index contributed by atoms with van der Waals surface area (Å²) in [4.78, 5) is 34.8. The minimum atomic E-state index is -0.751. The van der Waals surface area contributed by atoms with Gasteiger partial charge in [-0.1, -0.05) is 0 Å². The first-order chi connectivity index (χ1) is 8.92. The molecule has 0 rings (SSSR count). The standard InChI is InChI=1S/C11H22N4O4/c1-13-9(17)3-5-14-11(19)8(12)4-6-15(2)10(18)7-16/h8,16H,3-7,12H2,1-2H3,(H,13,17)(H,14,19)/t8-/m0/s1. The summed E-state index contributed by atoms with van der Waals surface area (Å²) in [7, 11) is 3.04. The van der Waals surface area contributed by atoms with Gasteiger partial charge in [-0.3, -0.25) is 14.4 Å². The lowest BCUT2D eigenvalue weighted by atomic mass is 10.2. The van der Waals surface area contributed by atoms with E-state index >= 15 is 0 Å². The Morgan fingerprint density at radius 1 is 1.37 bits per heavy atom. The second-order valence-electron chi connectivity index (χ2n) is 4.08. The Morgan fingerprint density at radius 2 is 2.00 bits per heavy atom. The molecule has 19 heavy (non-hydrogen) atoms. The van der Waals surface area contributed by atoms with Crippen LogP contribution in [0.1, 0.15) is 12.8 Å². The fraction of sp³-hybridized carbons (Fsp3) is 0.727. The van der Waals surface area contributed by atoms with Crippen LogP contribution in [-0.2, 0) is 14.4 Å². The number of nitrogens with one attached hydrogen (secondary N) is 2. The SMILES string of the molecule is CNC(=O)CCNC(=O)[C@@H](N)CCN(C)C(=O)CO. The third kappa shape index (κ3) is 7.37. The number of carbonyl (C=O) groups is 3. The lowest BCUT2D eigenvalue weighted by molar-refractivity contribution is -0.133. The zero-order chi connectivity index (χ0) is 14.8. The van der Waals surface area contributed by atoms with Crippen LogP contribution in [0.25, 0.3) is 0 Å². The second kappa shape index (κ2) is 9.29. The first-order valence-corrected chi connectivity index (χ1v) is 6.01. The van der Waals surface area contributed by atoms with Gasteiger partial charge in [-0.05, 0) is 6.42 Å². The zero-order valence-corrected chi connectivity index (χ0v) is 11.3. The largest absolute Gasteiger partial charge is 0.387 e. The van der Waals surface area contributed by atoms with Crippen molar-refractivity contribution in [3.8, 4) is 0 Å². The van der Waals surface area contributed by atoms with Crippen LogP contribution in [0.4, 0.5) is 0 Å². The molecule has 0 aliphatic heterocycles. The zero-order valence-electron chi connectivity index (χ0n) is 11.3. The quantitative estimate of drug-likeness (QED) is 0.386. The van der Waals surface area contributed by atoms with E-state index in [1.54, 1.807) is 0 Å². The number of rotatable bonds is 8. The van der Waals surface area contributed by atoms with Gasteiger partial charge in [0.1, 0.15) is 6.61 Å². The molecule has 0 fully saturated rings. The van der Waals surface area contributed by atoms with E-state index in [4.69, 9.17) is 10.8 Å². The lowest BCUT2D eigenvalue weighted by Crippen LogP contribution is -2.44. The number of nitrogens with two attached hydrogens (primary N) is 1. The number of nitrogens with zero attached hydrogens (tertiary/aromatic N) is 1. The van der Waals surface area contributed by atoms with Crippen molar-refractivity contribution >= 4 is 17.7 Å². The smallest absolute Gasteiger partial charge is 0.248 e. The third-order valence-electron chi connectivity index (χ3n) is 2.60. The highest BCUT2D eigenvalue weighted by Crippen LogP contribution is 1.93. The normalized spacial score (nSPS) is 11.6. The number of aliphatic hydroxyl groups is 1. The molecule has 0 aromatic rings. The van der Waals surface area contributed by atoms with Gasteiger partial charge >= 0.3 is 0 Å². The summed E-state index contributed by atoms with van der Waals surface area (Å²) in [5.74, 6) is -0.955. The van der Waals surface area contributed by atoms with Gasteiger partial charge in [0.15, 0.2) is 0 Å². The number of hydrogen-bond acceptors (Lipinski definition) is 5. The molecule has 0 unspecified atom stereocenters. The summed E-state index contributed by atoms with van der Waals surface area (Å²) < 4.78 is 0. The van der Waals surface area contributed by atoms with E-state index in [1.165, 1.54) is 19.0 Å². The highest BCUT2D eigenvalue weighted by molar-refractivity contribution is 5.82. The van der Waals surface area contributed by atoms with E-state index in [-0.39, 0.29) is 37.7 Å². The molecule has 0 aliphatic carbocycles. The maximum atomic E-state index is 11.5. The van der Waals surface area contributed by atoms with E-state index in [0.29, 0.717) is 0 Å². The Hall–Kier alpha value is -1.67. The monoisotopic (exact) mass is 274 g/mol. The molecule has 0 bridgehead atoms. The highest BCUT2D eigenvalue weighted by atomic mass is 16.3. The van der Waals surface area contributed by atoms with Crippen molar-refractivity contribution in [1.82, 2.24) is 15.5 Å². The summed E-state index contributed by atoms with van der Waals surface area (Å²) in [5, 5.41) is 13.6. The van der Waals surface area contributed by atoms with E-state index in [9.17, 15) is 14.4 Å². The van der Waals surface area contributed by atoms with Gasteiger partial charge in [0, 0.05) is 33.6 Å². The number of hydrogen-bond donors (Lipinski definition) is 4. The Balaban J connectivity index is 3.88. The van der Waals surface area contributed by atoms with Crippen molar-refractivity contribution in [2.45, 2.75) is 18.9 Å². The van der Waals surface area contributed by atoms with Crippen LogP contribution < -0.4 is 16.4 Å². The van der Waals surface area contributed by atoms with Crippen molar-refractivity contribution < 1.29 is 19.5 Å². The molecule has 8 nitrogen and oxygen atoms in total. The third-order valence-corrected chi connectivity index (χ3v) is 2.60. The fourth-order valence-corrected chi connectivity index (χ4v) is 1.26. The molecule has 0 saturated carbocycles. The van der Waals surface area contributed by atoms with E-state index in [1.807, 2.05) is 0 Å². The van der Waals surface area contributed by atoms with Crippen LogP contribution >= 0.6 is 0 Å². The van der Waals surface area contributed by atoms with Gasteiger partial charge in [0.05, 0.1) is 6.04 Å². The van der Waals surface area contributed by atoms with Crippen LogP contribution in [-0.4, -0.2) is 67.6 Å². The Morgan fingerprint density at radius 3 is 2.53 bits per heavy atom. The number of carbonyl (C=O) groups excluding carboxylic acids is 3. The maximum absolute atomic E-state index is 11.5. The van der Waals surface area contributed by atoms with Gasteiger partial charge in [-0.15, -0.1) is 0 Å². The number of amides is 3. The molecule has 5 N–H and O–H groups in total. The fourth-order valence-electron chi connectivity index (χ4n) is 1.26. The van der Waals surface area contributed by atoms with Crippen molar-refractivity contribution in [2.24, 2.45) is 5.73 Å². The molecule has 0 aromatic carbocycles. The molecule has 8 heteroatoms. The van der Waals surface area contributed by atoms with Crippen molar-refractivity contribution in [3.63, 3.8) is 0 Å². The first-order valence-electron chi connectivity index (χ1n) is 6.01. The maximum Gasteiger partial charge on any atom is 0.248 e.